The van der Waals surface area contributed by atoms with Gasteiger partial charge in [-0.1, -0.05) is 12.1 Å². The standard InChI is InChI=1S/C13H14FN3/c14-13-10-5-1-2-6-11(10)15-12(16-13)9-17-7-3-4-8-17/h1-2,5-6H,3-4,7-9H2. The van der Waals surface area contributed by atoms with Gasteiger partial charge in [0.25, 0.3) is 0 Å². The van der Waals surface area contributed by atoms with E-state index in [1.807, 2.05) is 12.1 Å². The van der Waals surface area contributed by atoms with Crippen molar-refractivity contribution in [1.29, 1.82) is 0 Å². The third-order valence-corrected chi connectivity index (χ3v) is 3.17. The van der Waals surface area contributed by atoms with Crippen LogP contribution in [-0.2, 0) is 6.54 Å². The summed E-state index contributed by atoms with van der Waals surface area (Å²) < 4.78 is 13.8. The number of aromatic nitrogens is 2. The van der Waals surface area contributed by atoms with Crippen LogP contribution >= 0.6 is 0 Å². The predicted octanol–water partition coefficient (Wildman–Crippen LogP) is 2.36. The molecule has 1 aromatic heterocycles. The van der Waals surface area contributed by atoms with E-state index >= 15 is 0 Å². The summed E-state index contributed by atoms with van der Waals surface area (Å²) in [6.07, 6.45) is 2.44. The summed E-state index contributed by atoms with van der Waals surface area (Å²) in [5.74, 6) is 0.174. The number of hydrogen-bond donors (Lipinski definition) is 0. The molecule has 0 amide bonds. The highest BCUT2D eigenvalue weighted by Crippen LogP contribution is 2.16. The Labute approximate surface area is 99.3 Å². The molecule has 0 atom stereocenters. The number of hydrogen-bond acceptors (Lipinski definition) is 3. The number of likely N-dealkylation sites (tertiary alicyclic amines) is 1. The lowest BCUT2D eigenvalue weighted by atomic mass is 10.2. The third kappa shape index (κ3) is 2.13. The Bertz CT molecular complexity index is 535. The Morgan fingerprint density at radius 1 is 1.12 bits per heavy atom. The number of fused-ring (bicyclic) bond motifs is 1. The fraction of sp³-hybridized carbons (Fsp3) is 0.385. The highest BCUT2D eigenvalue weighted by atomic mass is 19.1. The van der Waals surface area contributed by atoms with Gasteiger partial charge in [0.05, 0.1) is 17.4 Å². The molecule has 1 fully saturated rings. The Morgan fingerprint density at radius 3 is 2.71 bits per heavy atom. The molecule has 1 saturated heterocycles. The number of para-hydroxylation sites is 1. The Kier molecular flexibility index (Phi) is 2.73. The fourth-order valence-electron chi connectivity index (χ4n) is 2.29. The van der Waals surface area contributed by atoms with Crippen LogP contribution in [0.1, 0.15) is 18.7 Å². The smallest absolute Gasteiger partial charge is 0.224 e. The summed E-state index contributed by atoms with van der Waals surface area (Å²) in [6, 6.07) is 7.21. The van der Waals surface area contributed by atoms with Crippen LogP contribution in [0, 0.1) is 5.95 Å². The van der Waals surface area contributed by atoms with Crippen LogP contribution < -0.4 is 0 Å². The predicted molar refractivity (Wildman–Crippen MR) is 64.0 cm³/mol. The Morgan fingerprint density at radius 2 is 1.88 bits per heavy atom. The maximum absolute atomic E-state index is 13.8. The minimum Gasteiger partial charge on any atom is -0.296 e. The molecule has 0 spiro atoms. The van der Waals surface area contributed by atoms with E-state index in [0.717, 1.165) is 13.1 Å². The van der Waals surface area contributed by atoms with Crippen molar-refractivity contribution in [2.75, 3.05) is 13.1 Å². The average Bonchev–Trinajstić information content (AvgIpc) is 2.82. The number of rotatable bonds is 2. The first-order valence-corrected chi connectivity index (χ1v) is 5.96. The fourth-order valence-corrected chi connectivity index (χ4v) is 2.29. The quantitative estimate of drug-likeness (QED) is 0.743. The highest BCUT2D eigenvalue weighted by molar-refractivity contribution is 5.77. The molecule has 88 valence electrons. The summed E-state index contributed by atoms with van der Waals surface area (Å²) >= 11 is 0. The summed E-state index contributed by atoms with van der Waals surface area (Å²) in [5.41, 5.74) is 0.689. The first-order chi connectivity index (χ1) is 8.33. The van der Waals surface area contributed by atoms with Gasteiger partial charge in [-0.15, -0.1) is 0 Å². The van der Waals surface area contributed by atoms with E-state index in [1.165, 1.54) is 12.8 Å². The summed E-state index contributed by atoms with van der Waals surface area (Å²) in [6.45, 7) is 2.79. The van der Waals surface area contributed by atoms with Crippen molar-refractivity contribution in [3.63, 3.8) is 0 Å². The zero-order chi connectivity index (χ0) is 11.7. The first-order valence-electron chi connectivity index (χ1n) is 5.96. The monoisotopic (exact) mass is 231 g/mol. The molecule has 1 aromatic carbocycles. The van der Waals surface area contributed by atoms with Gasteiger partial charge in [0, 0.05) is 0 Å². The van der Waals surface area contributed by atoms with Crippen LogP contribution in [0.25, 0.3) is 10.9 Å². The van der Waals surface area contributed by atoms with E-state index < -0.39 is 5.95 Å². The molecule has 3 rings (SSSR count). The number of benzene rings is 1. The van der Waals surface area contributed by atoms with Crippen molar-refractivity contribution < 1.29 is 4.39 Å². The number of nitrogens with zero attached hydrogens (tertiary/aromatic N) is 3. The topological polar surface area (TPSA) is 29.0 Å². The van der Waals surface area contributed by atoms with E-state index in [2.05, 4.69) is 14.9 Å². The second-order valence-electron chi connectivity index (χ2n) is 4.43. The zero-order valence-electron chi connectivity index (χ0n) is 9.56. The molecular formula is C13H14FN3. The van der Waals surface area contributed by atoms with E-state index in [1.54, 1.807) is 12.1 Å². The van der Waals surface area contributed by atoms with Gasteiger partial charge in [0.1, 0.15) is 5.82 Å². The first kappa shape index (κ1) is 10.6. The highest BCUT2D eigenvalue weighted by Gasteiger charge is 2.14. The van der Waals surface area contributed by atoms with E-state index in [4.69, 9.17) is 0 Å². The molecule has 2 heterocycles. The minimum atomic E-state index is -0.412. The molecule has 1 aliphatic rings. The van der Waals surface area contributed by atoms with Crippen molar-refractivity contribution in [1.82, 2.24) is 14.9 Å². The van der Waals surface area contributed by atoms with Gasteiger partial charge in [-0.25, -0.2) is 9.97 Å². The van der Waals surface area contributed by atoms with Crippen molar-refractivity contribution in [2.24, 2.45) is 0 Å². The molecule has 0 bridgehead atoms. The van der Waals surface area contributed by atoms with Gasteiger partial charge in [0.15, 0.2) is 0 Å². The molecule has 0 N–H and O–H groups in total. The Hall–Kier alpha value is -1.55. The lowest BCUT2D eigenvalue weighted by Crippen LogP contribution is -2.20. The largest absolute Gasteiger partial charge is 0.296 e. The lowest BCUT2D eigenvalue weighted by molar-refractivity contribution is 0.321. The summed E-state index contributed by atoms with van der Waals surface area (Å²) in [5, 5.41) is 0.498. The van der Waals surface area contributed by atoms with E-state index in [0.29, 0.717) is 23.3 Å². The number of halogens is 1. The molecule has 1 aliphatic heterocycles. The molecule has 0 aliphatic carbocycles. The maximum atomic E-state index is 13.8. The van der Waals surface area contributed by atoms with Gasteiger partial charge in [0.2, 0.25) is 5.95 Å². The van der Waals surface area contributed by atoms with E-state index in [-0.39, 0.29) is 0 Å². The van der Waals surface area contributed by atoms with Gasteiger partial charge < -0.3 is 0 Å². The van der Waals surface area contributed by atoms with Crippen molar-refractivity contribution in [2.45, 2.75) is 19.4 Å². The van der Waals surface area contributed by atoms with Crippen LogP contribution in [0.3, 0.4) is 0 Å². The van der Waals surface area contributed by atoms with Gasteiger partial charge >= 0.3 is 0 Å². The molecule has 3 nitrogen and oxygen atoms in total. The molecule has 0 saturated carbocycles. The van der Waals surface area contributed by atoms with Gasteiger partial charge in [-0.3, -0.25) is 4.90 Å². The molecule has 17 heavy (non-hydrogen) atoms. The van der Waals surface area contributed by atoms with Gasteiger partial charge in [-0.05, 0) is 38.1 Å². The minimum absolute atomic E-state index is 0.412. The summed E-state index contributed by atoms with van der Waals surface area (Å²) in [4.78, 5) is 10.6. The van der Waals surface area contributed by atoms with Crippen LogP contribution in [0.15, 0.2) is 24.3 Å². The second-order valence-corrected chi connectivity index (χ2v) is 4.43. The van der Waals surface area contributed by atoms with Crippen molar-refractivity contribution in [3.8, 4) is 0 Å². The second kappa shape index (κ2) is 4.37. The van der Waals surface area contributed by atoms with Crippen LogP contribution in [-0.4, -0.2) is 28.0 Å². The normalized spacial score (nSPS) is 16.8. The van der Waals surface area contributed by atoms with Crippen LogP contribution in [0.2, 0.25) is 0 Å². The molecule has 0 radical (unpaired) electrons. The van der Waals surface area contributed by atoms with Crippen molar-refractivity contribution in [3.05, 3.63) is 36.0 Å². The maximum Gasteiger partial charge on any atom is 0.224 e. The van der Waals surface area contributed by atoms with Crippen LogP contribution in [0.4, 0.5) is 4.39 Å². The third-order valence-electron chi connectivity index (χ3n) is 3.17. The molecule has 4 heteroatoms. The molecule has 2 aromatic rings. The van der Waals surface area contributed by atoms with E-state index in [9.17, 15) is 4.39 Å². The van der Waals surface area contributed by atoms with Gasteiger partial charge in [-0.2, -0.15) is 4.39 Å². The SMILES string of the molecule is Fc1nc(CN2CCCC2)nc2ccccc12. The lowest BCUT2D eigenvalue weighted by Gasteiger charge is -2.13. The molecular weight excluding hydrogens is 217 g/mol. The van der Waals surface area contributed by atoms with Crippen LogP contribution in [0.5, 0.6) is 0 Å². The average molecular weight is 231 g/mol. The van der Waals surface area contributed by atoms with Crippen molar-refractivity contribution >= 4 is 10.9 Å². The summed E-state index contributed by atoms with van der Waals surface area (Å²) in [7, 11) is 0. The molecule has 0 unspecified atom stereocenters. The Balaban J connectivity index is 1.94. The zero-order valence-corrected chi connectivity index (χ0v) is 9.56.